The third-order valence-corrected chi connectivity index (χ3v) is 5.06. The maximum absolute atomic E-state index is 14.7. The van der Waals surface area contributed by atoms with E-state index in [0.717, 1.165) is 12.1 Å². The number of hydrogen-bond donors (Lipinski definition) is 2. The van der Waals surface area contributed by atoms with Gasteiger partial charge in [0, 0.05) is 19.3 Å². The van der Waals surface area contributed by atoms with Crippen LogP contribution in [0.5, 0.6) is 11.5 Å². The molecule has 0 bridgehead atoms. The van der Waals surface area contributed by atoms with E-state index in [1.165, 1.54) is 27.7 Å². The minimum atomic E-state index is -1.33. The molecule has 0 saturated heterocycles. The van der Waals surface area contributed by atoms with E-state index in [0.29, 0.717) is 11.4 Å². The van der Waals surface area contributed by atoms with Crippen molar-refractivity contribution in [3.8, 4) is 17.2 Å². The average Bonchev–Trinajstić information content (AvgIpc) is 3.02. The highest BCUT2D eigenvalue weighted by molar-refractivity contribution is 6.05. The Morgan fingerprint density at radius 1 is 1.09 bits per heavy atom. The number of rotatable bonds is 5. The molecule has 4 rings (SSSR count). The minimum Gasteiger partial charge on any atom is -0.454 e. The van der Waals surface area contributed by atoms with E-state index >= 15 is 0 Å². The van der Waals surface area contributed by atoms with Crippen LogP contribution in [0.15, 0.2) is 65.6 Å². The largest absolute Gasteiger partial charge is 0.454 e. The first-order valence-corrected chi connectivity index (χ1v) is 9.80. The molecule has 2 aromatic heterocycles. The van der Waals surface area contributed by atoms with Gasteiger partial charge in [-0.25, -0.2) is 14.1 Å². The smallest absolute Gasteiger partial charge is 0.284 e. The van der Waals surface area contributed by atoms with Gasteiger partial charge in [-0.05, 0) is 37.3 Å². The first-order chi connectivity index (χ1) is 15.8. The Bertz CT molecular complexity index is 1410. The van der Waals surface area contributed by atoms with Crippen molar-refractivity contribution in [2.24, 2.45) is 7.05 Å². The second kappa shape index (κ2) is 8.58. The number of aromatic nitrogens is 3. The molecule has 0 atom stereocenters. The number of para-hydroxylation sites is 1. The van der Waals surface area contributed by atoms with Gasteiger partial charge < -0.3 is 15.8 Å². The maximum Gasteiger partial charge on any atom is 0.284 e. The molecular weight excluding hydrogens is 432 g/mol. The molecule has 0 fully saturated rings. The summed E-state index contributed by atoms with van der Waals surface area (Å²) in [4.78, 5) is 29.6. The molecule has 0 unspecified atom stereocenters. The van der Waals surface area contributed by atoms with Gasteiger partial charge in [0.15, 0.2) is 11.6 Å². The summed E-state index contributed by atoms with van der Waals surface area (Å²) in [5.41, 5.74) is 5.26. The van der Waals surface area contributed by atoms with Gasteiger partial charge in [0.25, 0.3) is 11.5 Å². The van der Waals surface area contributed by atoms with Gasteiger partial charge in [-0.1, -0.05) is 18.2 Å². The molecule has 10 heteroatoms. The Balaban J connectivity index is 1.63. The number of nitrogen functional groups attached to an aromatic ring is 1. The minimum absolute atomic E-state index is 0.150. The van der Waals surface area contributed by atoms with Gasteiger partial charge in [-0.2, -0.15) is 4.39 Å². The first-order valence-electron chi connectivity index (χ1n) is 9.80. The van der Waals surface area contributed by atoms with Crippen molar-refractivity contribution in [2.75, 3.05) is 11.1 Å². The number of nitrogens with zero attached hydrogens (tertiary/aromatic N) is 3. The molecule has 1 amide bonds. The van der Waals surface area contributed by atoms with Crippen molar-refractivity contribution in [3.63, 3.8) is 0 Å². The van der Waals surface area contributed by atoms with Crippen LogP contribution in [0.1, 0.15) is 16.1 Å². The third-order valence-electron chi connectivity index (χ3n) is 5.06. The van der Waals surface area contributed by atoms with Crippen LogP contribution in [0, 0.1) is 18.6 Å². The van der Waals surface area contributed by atoms with E-state index in [1.807, 2.05) is 0 Å². The number of hydrogen-bond acceptors (Lipinski definition) is 5. The summed E-state index contributed by atoms with van der Waals surface area (Å²) in [6.07, 6.45) is 1.36. The number of nitrogens with one attached hydrogen (secondary N) is 1. The Morgan fingerprint density at radius 2 is 1.82 bits per heavy atom. The Morgan fingerprint density at radius 3 is 2.52 bits per heavy atom. The number of nitrogens with two attached hydrogens (primary N) is 1. The quantitative estimate of drug-likeness (QED) is 0.481. The van der Waals surface area contributed by atoms with Gasteiger partial charge in [0.1, 0.15) is 17.1 Å². The van der Waals surface area contributed by atoms with Crippen molar-refractivity contribution >= 4 is 17.4 Å². The molecule has 0 saturated carbocycles. The zero-order valence-corrected chi connectivity index (χ0v) is 17.7. The molecule has 8 nitrogen and oxygen atoms in total. The predicted molar refractivity (Wildman–Crippen MR) is 119 cm³/mol. The van der Waals surface area contributed by atoms with E-state index in [-0.39, 0.29) is 17.1 Å². The molecule has 0 radical (unpaired) electrons. The third kappa shape index (κ3) is 4.05. The monoisotopic (exact) mass is 451 g/mol. The molecule has 168 valence electrons. The van der Waals surface area contributed by atoms with Crippen molar-refractivity contribution in [1.82, 2.24) is 14.3 Å². The lowest BCUT2D eigenvalue weighted by atomic mass is 10.2. The Kier molecular flexibility index (Phi) is 5.65. The second-order valence-corrected chi connectivity index (χ2v) is 7.15. The number of amides is 1. The molecule has 2 aromatic carbocycles. The van der Waals surface area contributed by atoms with Crippen molar-refractivity contribution < 1.29 is 18.3 Å². The van der Waals surface area contributed by atoms with E-state index in [9.17, 15) is 18.4 Å². The molecule has 0 aliphatic rings. The lowest BCUT2D eigenvalue weighted by Crippen LogP contribution is -2.25. The number of carbonyl (C=O) groups excluding carboxylic acids is 1. The maximum atomic E-state index is 14.7. The fourth-order valence-corrected chi connectivity index (χ4v) is 3.34. The first kappa shape index (κ1) is 21.8. The fraction of sp³-hybridized carbons (Fsp3) is 0.0870. The number of anilines is 2. The van der Waals surface area contributed by atoms with Crippen molar-refractivity contribution in [2.45, 2.75) is 6.92 Å². The fourth-order valence-electron chi connectivity index (χ4n) is 3.34. The van der Waals surface area contributed by atoms with Gasteiger partial charge in [-0.15, -0.1) is 0 Å². The normalized spacial score (nSPS) is 10.8. The van der Waals surface area contributed by atoms with Crippen LogP contribution >= 0.6 is 0 Å². The van der Waals surface area contributed by atoms with Gasteiger partial charge in [-0.3, -0.25) is 14.3 Å². The van der Waals surface area contributed by atoms with Crippen LogP contribution in [0.3, 0.4) is 0 Å². The summed E-state index contributed by atoms with van der Waals surface area (Å²) in [6.45, 7) is 1.59. The summed E-state index contributed by atoms with van der Waals surface area (Å²) in [5.74, 6) is -3.60. The number of pyridine rings is 1. The van der Waals surface area contributed by atoms with Gasteiger partial charge in [0.05, 0.1) is 17.1 Å². The van der Waals surface area contributed by atoms with Crippen LogP contribution in [-0.2, 0) is 7.05 Å². The van der Waals surface area contributed by atoms with Crippen LogP contribution in [0.2, 0.25) is 0 Å². The van der Waals surface area contributed by atoms with Gasteiger partial charge >= 0.3 is 0 Å². The number of halogens is 2. The molecule has 2 heterocycles. The van der Waals surface area contributed by atoms with E-state index in [2.05, 4.69) is 10.3 Å². The highest BCUT2D eigenvalue weighted by Crippen LogP contribution is 2.30. The van der Waals surface area contributed by atoms with E-state index in [1.54, 1.807) is 44.3 Å². The summed E-state index contributed by atoms with van der Waals surface area (Å²) in [5, 5.41) is 2.28. The summed E-state index contributed by atoms with van der Waals surface area (Å²) in [7, 11) is 1.62. The topological polar surface area (TPSA) is 104 Å². The van der Waals surface area contributed by atoms with Gasteiger partial charge in [0.2, 0.25) is 5.82 Å². The molecule has 0 aliphatic carbocycles. The molecule has 0 spiro atoms. The van der Waals surface area contributed by atoms with Crippen LogP contribution in [0.25, 0.3) is 5.69 Å². The molecule has 4 aromatic rings. The lowest BCUT2D eigenvalue weighted by molar-refractivity contribution is 0.102. The lowest BCUT2D eigenvalue weighted by Gasteiger charge is -2.11. The van der Waals surface area contributed by atoms with Crippen molar-refractivity contribution in [3.05, 3.63) is 94.0 Å². The molecule has 0 aliphatic heterocycles. The Hall–Kier alpha value is -4.47. The average molecular weight is 451 g/mol. The van der Waals surface area contributed by atoms with Crippen molar-refractivity contribution in [1.29, 1.82) is 0 Å². The number of carbonyl (C=O) groups is 1. The summed E-state index contributed by atoms with van der Waals surface area (Å²) < 4.78 is 37.4. The highest BCUT2D eigenvalue weighted by atomic mass is 19.2. The second-order valence-electron chi connectivity index (χ2n) is 7.15. The molecular formula is C23H19F2N5O3. The summed E-state index contributed by atoms with van der Waals surface area (Å²) in [6, 6.07) is 13.8. The highest BCUT2D eigenvalue weighted by Gasteiger charge is 2.24. The van der Waals surface area contributed by atoms with E-state index < -0.39 is 34.5 Å². The van der Waals surface area contributed by atoms with Crippen LogP contribution < -0.4 is 21.3 Å². The van der Waals surface area contributed by atoms with Crippen LogP contribution in [0.4, 0.5) is 20.3 Å². The summed E-state index contributed by atoms with van der Waals surface area (Å²) >= 11 is 0. The number of benzene rings is 2. The predicted octanol–water partition coefficient (Wildman–Crippen LogP) is 3.78. The molecule has 3 N–H and O–H groups in total. The van der Waals surface area contributed by atoms with Crippen LogP contribution in [-0.4, -0.2) is 20.3 Å². The standard InChI is InChI=1S/C23H19F2N5O3/c1-13-19(23(32)30(29(13)2)14-6-4-3-5-7-14)22(31)28-16-8-9-17(21(25)20(16)24)33-15-10-11-27-18(26)12-15/h3-12H,1-2H3,(H2,26,27)(H,28,31). The van der Waals surface area contributed by atoms with E-state index in [4.69, 9.17) is 10.5 Å². The molecule has 33 heavy (non-hydrogen) atoms. The Labute approximate surface area is 186 Å². The number of ether oxygens (including phenoxy) is 1. The SMILES string of the molecule is Cc1c(C(=O)Nc2ccc(Oc3ccnc(N)c3)c(F)c2F)c(=O)n(-c2ccccc2)n1C. The zero-order valence-electron chi connectivity index (χ0n) is 17.7. The zero-order chi connectivity index (χ0) is 23.7.